The third kappa shape index (κ3) is 2.56. The molecule has 0 spiro atoms. The summed E-state index contributed by atoms with van der Waals surface area (Å²) in [6.45, 7) is 1.99. The van der Waals surface area contributed by atoms with Gasteiger partial charge in [-0.3, -0.25) is 4.79 Å². The minimum atomic E-state index is -2.98. The van der Waals surface area contributed by atoms with E-state index < -0.39 is 9.84 Å². The molecule has 6 heteroatoms. The number of hydrogen-bond donors (Lipinski definition) is 2. The van der Waals surface area contributed by atoms with Gasteiger partial charge in [0.2, 0.25) is 0 Å². The third-order valence-electron chi connectivity index (χ3n) is 3.59. The maximum Gasteiger partial charge on any atom is 0.267 e. The predicted octanol–water partition coefficient (Wildman–Crippen LogP) is 1.39. The number of H-pyrrole nitrogens is 1. The number of carbonyl (C=O) groups excluding carboxylic acids is 1. The fourth-order valence-electron chi connectivity index (χ4n) is 2.54. The number of rotatable bonds is 2. The van der Waals surface area contributed by atoms with Gasteiger partial charge in [-0.15, -0.1) is 0 Å². The Labute approximate surface area is 117 Å². The van der Waals surface area contributed by atoms with Gasteiger partial charge in [0.25, 0.3) is 5.91 Å². The number of aromatic amines is 1. The molecule has 5 nitrogen and oxygen atoms in total. The van der Waals surface area contributed by atoms with Gasteiger partial charge in [-0.2, -0.15) is 0 Å². The average molecular weight is 292 g/mol. The Kier molecular flexibility index (Phi) is 3.05. The van der Waals surface area contributed by atoms with Crippen LogP contribution in [0.1, 0.15) is 22.5 Å². The smallest absolute Gasteiger partial charge is 0.267 e. The van der Waals surface area contributed by atoms with Crippen LogP contribution in [0, 0.1) is 6.92 Å². The minimum Gasteiger partial charge on any atom is -0.351 e. The SMILES string of the molecule is Cc1ccc2cc(C(=O)NC3CCS(=O)(=O)C3)[nH]c2c1. The second kappa shape index (κ2) is 4.63. The number of amides is 1. The zero-order valence-corrected chi connectivity index (χ0v) is 12.0. The van der Waals surface area contributed by atoms with Crippen molar-refractivity contribution in [2.45, 2.75) is 19.4 Å². The summed E-state index contributed by atoms with van der Waals surface area (Å²) >= 11 is 0. The first-order chi connectivity index (χ1) is 9.43. The highest BCUT2D eigenvalue weighted by atomic mass is 32.2. The first kappa shape index (κ1) is 13.2. The molecule has 0 radical (unpaired) electrons. The molecule has 1 aliphatic rings. The van der Waals surface area contributed by atoms with Gasteiger partial charge in [-0.25, -0.2) is 8.42 Å². The topological polar surface area (TPSA) is 79.0 Å². The quantitative estimate of drug-likeness (QED) is 0.878. The second-order valence-corrected chi connectivity index (χ2v) is 7.58. The van der Waals surface area contributed by atoms with Crippen molar-refractivity contribution in [2.75, 3.05) is 11.5 Å². The van der Waals surface area contributed by atoms with Gasteiger partial charge in [-0.05, 0) is 31.0 Å². The first-order valence-corrected chi connectivity index (χ1v) is 8.36. The molecule has 2 aromatic rings. The lowest BCUT2D eigenvalue weighted by Gasteiger charge is -2.09. The Bertz CT molecular complexity index is 777. The molecule has 0 aliphatic carbocycles. The number of aryl methyl sites for hydroxylation is 1. The molecule has 3 rings (SSSR count). The standard InChI is InChI=1S/C14H16N2O3S/c1-9-2-3-10-7-13(16-12(10)6-9)14(17)15-11-4-5-20(18,19)8-11/h2-3,6-7,11,16H,4-5,8H2,1H3,(H,15,17). The van der Waals surface area contributed by atoms with Crippen molar-refractivity contribution in [1.82, 2.24) is 10.3 Å². The Balaban J connectivity index is 1.79. The van der Waals surface area contributed by atoms with Gasteiger partial charge in [0.1, 0.15) is 5.69 Å². The van der Waals surface area contributed by atoms with Gasteiger partial charge in [-0.1, -0.05) is 12.1 Å². The Morgan fingerprint density at radius 1 is 1.35 bits per heavy atom. The maximum absolute atomic E-state index is 12.1. The lowest BCUT2D eigenvalue weighted by atomic mass is 10.2. The highest BCUT2D eigenvalue weighted by Gasteiger charge is 2.29. The van der Waals surface area contributed by atoms with Crippen LogP contribution in [-0.4, -0.2) is 36.9 Å². The third-order valence-corrected chi connectivity index (χ3v) is 5.36. The number of fused-ring (bicyclic) bond motifs is 1. The number of sulfone groups is 1. The van der Waals surface area contributed by atoms with Crippen LogP contribution in [0.2, 0.25) is 0 Å². The highest BCUT2D eigenvalue weighted by Crippen LogP contribution is 2.18. The molecule has 0 saturated carbocycles. The van der Waals surface area contributed by atoms with Crippen LogP contribution in [0.3, 0.4) is 0 Å². The van der Waals surface area contributed by atoms with E-state index in [1.54, 1.807) is 6.07 Å². The molecule has 1 aromatic carbocycles. The molecular formula is C14H16N2O3S. The molecule has 2 N–H and O–H groups in total. The van der Waals surface area contributed by atoms with Gasteiger partial charge >= 0.3 is 0 Å². The Morgan fingerprint density at radius 2 is 2.15 bits per heavy atom. The molecule has 20 heavy (non-hydrogen) atoms. The van der Waals surface area contributed by atoms with Gasteiger partial charge < -0.3 is 10.3 Å². The van der Waals surface area contributed by atoms with Gasteiger partial charge in [0, 0.05) is 16.9 Å². The van der Waals surface area contributed by atoms with E-state index in [9.17, 15) is 13.2 Å². The monoisotopic (exact) mass is 292 g/mol. The maximum atomic E-state index is 12.1. The van der Waals surface area contributed by atoms with Crippen LogP contribution >= 0.6 is 0 Å². The lowest BCUT2D eigenvalue weighted by molar-refractivity contribution is 0.0937. The summed E-state index contributed by atoms with van der Waals surface area (Å²) in [5, 5.41) is 3.75. The zero-order chi connectivity index (χ0) is 14.3. The van der Waals surface area contributed by atoms with Crippen molar-refractivity contribution < 1.29 is 13.2 Å². The lowest BCUT2D eigenvalue weighted by Crippen LogP contribution is -2.35. The fraction of sp³-hybridized carbons (Fsp3) is 0.357. The predicted molar refractivity (Wildman–Crippen MR) is 77.6 cm³/mol. The van der Waals surface area contributed by atoms with Crippen molar-refractivity contribution in [3.63, 3.8) is 0 Å². The fourth-order valence-corrected chi connectivity index (χ4v) is 4.21. The molecule has 2 heterocycles. The number of nitrogens with one attached hydrogen (secondary N) is 2. The van der Waals surface area contributed by atoms with Crippen molar-refractivity contribution in [1.29, 1.82) is 0 Å². The van der Waals surface area contributed by atoms with Crippen molar-refractivity contribution in [2.24, 2.45) is 0 Å². The largest absolute Gasteiger partial charge is 0.351 e. The molecule has 1 aliphatic heterocycles. The summed E-state index contributed by atoms with van der Waals surface area (Å²) in [4.78, 5) is 15.2. The first-order valence-electron chi connectivity index (χ1n) is 6.54. The van der Waals surface area contributed by atoms with E-state index >= 15 is 0 Å². The van der Waals surface area contributed by atoms with E-state index in [2.05, 4.69) is 10.3 Å². The van der Waals surface area contributed by atoms with Crippen LogP contribution in [-0.2, 0) is 9.84 Å². The van der Waals surface area contributed by atoms with E-state index in [0.29, 0.717) is 12.1 Å². The summed E-state index contributed by atoms with van der Waals surface area (Å²) < 4.78 is 22.8. The molecule has 1 amide bonds. The van der Waals surface area contributed by atoms with Gasteiger partial charge in [0.05, 0.1) is 11.5 Å². The molecule has 1 aromatic heterocycles. The average Bonchev–Trinajstić information content (AvgIpc) is 2.92. The second-order valence-electron chi connectivity index (χ2n) is 5.35. The number of carbonyl (C=O) groups is 1. The summed E-state index contributed by atoms with van der Waals surface area (Å²) in [5.74, 6) is -0.0528. The zero-order valence-electron chi connectivity index (χ0n) is 11.1. The molecule has 0 bridgehead atoms. The molecule has 1 atom stereocenters. The van der Waals surface area contributed by atoms with Crippen LogP contribution in [0.5, 0.6) is 0 Å². The number of hydrogen-bond acceptors (Lipinski definition) is 3. The van der Waals surface area contributed by atoms with E-state index in [4.69, 9.17) is 0 Å². The minimum absolute atomic E-state index is 0.0398. The summed E-state index contributed by atoms with van der Waals surface area (Å²) in [5.41, 5.74) is 2.50. The van der Waals surface area contributed by atoms with E-state index in [1.807, 2.05) is 25.1 Å². The van der Waals surface area contributed by atoms with Crippen molar-refractivity contribution in [3.8, 4) is 0 Å². The summed E-state index contributed by atoms with van der Waals surface area (Å²) in [7, 11) is -2.98. The van der Waals surface area contributed by atoms with Crippen LogP contribution in [0.4, 0.5) is 0 Å². The molecule has 1 unspecified atom stereocenters. The molecular weight excluding hydrogens is 276 g/mol. The van der Waals surface area contributed by atoms with Crippen LogP contribution < -0.4 is 5.32 Å². The molecule has 106 valence electrons. The molecule has 1 saturated heterocycles. The van der Waals surface area contributed by atoms with Crippen molar-refractivity contribution in [3.05, 3.63) is 35.5 Å². The van der Waals surface area contributed by atoms with Crippen molar-refractivity contribution >= 4 is 26.6 Å². The summed E-state index contributed by atoms with van der Waals surface area (Å²) in [6, 6.07) is 7.43. The highest BCUT2D eigenvalue weighted by molar-refractivity contribution is 7.91. The van der Waals surface area contributed by atoms with E-state index in [-0.39, 0.29) is 23.5 Å². The van der Waals surface area contributed by atoms with Crippen LogP contribution in [0.15, 0.2) is 24.3 Å². The number of benzene rings is 1. The summed E-state index contributed by atoms with van der Waals surface area (Å²) in [6.07, 6.45) is 0.493. The van der Waals surface area contributed by atoms with E-state index in [1.165, 1.54) is 0 Å². The Morgan fingerprint density at radius 3 is 2.85 bits per heavy atom. The van der Waals surface area contributed by atoms with Crippen LogP contribution in [0.25, 0.3) is 10.9 Å². The van der Waals surface area contributed by atoms with E-state index in [0.717, 1.165) is 16.5 Å². The van der Waals surface area contributed by atoms with Gasteiger partial charge in [0.15, 0.2) is 9.84 Å². The Hall–Kier alpha value is -1.82. The normalized spacial score (nSPS) is 21.1. The number of aromatic nitrogens is 1. The molecule has 1 fully saturated rings.